The van der Waals surface area contributed by atoms with Gasteiger partial charge in [0.1, 0.15) is 0 Å². The van der Waals surface area contributed by atoms with Gasteiger partial charge >= 0.3 is 0 Å². The Labute approximate surface area is 64.3 Å². The Hall–Kier alpha value is -0.960. The van der Waals surface area contributed by atoms with Crippen molar-refractivity contribution in [3.63, 3.8) is 0 Å². The largest absolute Gasteiger partial charge is 0.397 e. The number of aliphatic hydroxyl groups is 1. The average Bonchev–Trinajstić information content (AvgIpc) is 1.97. The van der Waals surface area contributed by atoms with Crippen LogP contribution < -0.4 is 0 Å². The molecule has 0 aliphatic rings. The van der Waals surface area contributed by atoms with Gasteiger partial charge in [0.05, 0.1) is 0 Å². The van der Waals surface area contributed by atoms with E-state index in [1.165, 1.54) is 12.1 Å². The maximum atomic E-state index is 11.9. The lowest BCUT2D eigenvalue weighted by molar-refractivity contribution is 0.318. The van der Waals surface area contributed by atoms with Gasteiger partial charge in [-0.05, 0) is 19.1 Å². The Kier molecular flexibility index (Phi) is 5.29. The van der Waals surface area contributed by atoms with Crippen molar-refractivity contribution in [2.24, 2.45) is 0 Å². The minimum Gasteiger partial charge on any atom is -0.397 e. The minimum atomic E-state index is -0.799. The molecule has 1 aromatic carbocycles. The van der Waals surface area contributed by atoms with Crippen LogP contribution in [0.1, 0.15) is 6.92 Å². The van der Waals surface area contributed by atoms with Gasteiger partial charge in [0, 0.05) is 6.61 Å². The second-order valence-electron chi connectivity index (χ2n) is 1.73. The fraction of sp³-hybridized carbons (Fsp3) is 0.250. The summed E-state index contributed by atoms with van der Waals surface area (Å²) in [5, 5.41) is 7.57. The number of aliphatic hydroxyl groups excluding tert-OH is 1. The molecule has 0 spiro atoms. The lowest BCUT2D eigenvalue weighted by atomic mass is 10.3. The fourth-order valence-corrected chi connectivity index (χ4v) is 0.439. The first-order chi connectivity index (χ1) is 5.22. The van der Waals surface area contributed by atoms with Crippen LogP contribution in [0.2, 0.25) is 0 Å². The van der Waals surface area contributed by atoms with Crippen LogP contribution in [0.25, 0.3) is 0 Å². The van der Waals surface area contributed by atoms with Crippen molar-refractivity contribution < 1.29 is 13.9 Å². The number of halogens is 2. The first-order valence-electron chi connectivity index (χ1n) is 3.23. The van der Waals surface area contributed by atoms with E-state index in [0.29, 0.717) is 0 Å². The van der Waals surface area contributed by atoms with Crippen LogP contribution in [0.4, 0.5) is 8.78 Å². The quantitative estimate of drug-likeness (QED) is 0.615. The normalized spacial score (nSPS) is 8.36. The van der Waals surface area contributed by atoms with Gasteiger partial charge in [-0.15, -0.1) is 0 Å². The lowest BCUT2D eigenvalue weighted by Crippen LogP contribution is -1.77. The van der Waals surface area contributed by atoms with Crippen molar-refractivity contribution in [2.45, 2.75) is 6.92 Å². The van der Waals surface area contributed by atoms with E-state index in [9.17, 15) is 8.78 Å². The Morgan fingerprint density at radius 3 is 1.64 bits per heavy atom. The molecular formula is C8H10F2O. The molecule has 0 atom stereocenters. The molecule has 1 aromatic rings. The van der Waals surface area contributed by atoms with Crippen LogP contribution in [0, 0.1) is 11.6 Å². The third-order valence-corrected chi connectivity index (χ3v) is 0.824. The fourth-order valence-electron chi connectivity index (χ4n) is 0.439. The smallest absolute Gasteiger partial charge is 0.158 e. The molecule has 3 heteroatoms. The van der Waals surface area contributed by atoms with Gasteiger partial charge in [-0.2, -0.15) is 0 Å². The van der Waals surface area contributed by atoms with Gasteiger partial charge in [0.2, 0.25) is 0 Å². The molecule has 1 N–H and O–H groups in total. The zero-order valence-corrected chi connectivity index (χ0v) is 6.22. The van der Waals surface area contributed by atoms with Gasteiger partial charge in [-0.1, -0.05) is 12.1 Å². The van der Waals surface area contributed by atoms with E-state index in [1.807, 2.05) is 0 Å². The predicted octanol–water partition coefficient (Wildman–Crippen LogP) is 1.96. The highest BCUT2D eigenvalue weighted by Crippen LogP contribution is 2.01. The predicted molar refractivity (Wildman–Crippen MR) is 39.1 cm³/mol. The van der Waals surface area contributed by atoms with E-state index < -0.39 is 11.6 Å². The maximum Gasteiger partial charge on any atom is 0.158 e. The molecule has 0 amide bonds. The van der Waals surface area contributed by atoms with Gasteiger partial charge in [0.25, 0.3) is 0 Å². The third kappa shape index (κ3) is 4.44. The molecule has 0 saturated heterocycles. The molecule has 0 aromatic heterocycles. The second-order valence-corrected chi connectivity index (χ2v) is 1.73. The van der Waals surface area contributed by atoms with Crippen molar-refractivity contribution in [3.8, 4) is 0 Å². The van der Waals surface area contributed by atoms with E-state index in [2.05, 4.69) is 0 Å². The number of hydrogen-bond donors (Lipinski definition) is 1. The molecule has 0 heterocycles. The van der Waals surface area contributed by atoms with Gasteiger partial charge < -0.3 is 5.11 Å². The van der Waals surface area contributed by atoms with Crippen LogP contribution in [-0.2, 0) is 0 Å². The Morgan fingerprint density at radius 1 is 1.18 bits per heavy atom. The van der Waals surface area contributed by atoms with Crippen molar-refractivity contribution in [3.05, 3.63) is 35.9 Å². The summed E-state index contributed by atoms with van der Waals surface area (Å²) in [6.45, 7) is 1.93. The summed E-state index contributed by atoms with van der Waals surface area (Å²) in [6.07, 6.45) is 0. The highest BCUT2D eigenvalue weighted by molar-refractivity contribution is 5.05. The van der Waals surface area contributed by atoms with Crippen LogP contribution in [0.5, 0.6) is 0 Å². The molecule has 0 fully saturated rings. The third-order valence-electron chi connectivity index (χ3n) is 0.824. The zero-order valence-electron chi connectivity index (χ0n) is 6.22. The highest BCUT2D eigenvalue weighted by atomic mass is 19.2. The molecule has 0 radical (unpaired) electrons. The van der Waals surface area contributed by atoms with Crippen LogP contribution in [0.3, 0.4) is 0 Å². The molecule has 0 unspecified atom stereocenters. The van der Waals surface area contributed by atoms with E-state index in [-0.39, 0.29) is 6.61 Å². The van der Waals surface area contributed by atoms with Crippen molar-refractivity contribution in [1.82, 2.24) is 0 Å². The zero-order chi connectivity index (χ0) is 8.69. The molecule has 0 aliphatic carbocycles. The standard InChI is InChI=1S/C6H4F2.C2H6O/c7-5-3-1-2-4-6(5)8;1-2-3/h1-4H;3H,2H2,1H3. The molecule has 0 aliphatic heterocycles. The van der Waals surface area contributed by atoms with Crippen LogP contribution in [-0.4, -0.2) is 11.7 Å². The van der Waals surface area contributed by atoms with Gasteiger partial charge in [0.15, 0.2) is 11.6 Å². The molecular weight excluding hydrogens is 150 g/mol. The summed E-state index contributed by atoms with van der Waals surface area (Å²) in [6, 6.07) is 5.04. The molecule has 1 rings (SSSR count). The lowest BCUT2D eigenvalue weighted by Gasteiger charge is -1.85. The monoisotopic (exact) mass is 160 g/mol. The van der Waals surface area contributed by atoms with Crippen molar-refractivity contribution in [2.75, 3.05) is 6.61 Å². The summed E-state index contributed by atoms with van der Waals surface area (Å²) in [5.74, 6) is -1.60. The topological polar surface area (TPSA) is 20.2 Å². The number of benzene rings is 1. The average molecular weight is 160 g/mol. The van der Waals surface area contributed by atoms with Gasteiger partial charge in [-0.3, -0.25) is 0 Å². The molecule has 0 saturated carbocycles. The molecule has 1 nitrogen and oxygen atoms in total. The highest BCUT2D eigenvalue weighted by Gasteiger charge is 1.93. The minimum absolute atomic E-state index is 0.250. The summed E-state index contributed by atoms with van der Waals surface area (Å²) in [4.78, 5) is 0. The van der Waals surface area contributed by atoms with Crippen molar-refractivity contribution in [1.29, 1.82) is 0 Å². The van der Waals surface area contributed by atoms with Crippen molar-refractivity contribution >= 4 is 0 Å². The molecule has 0 bridgehead atoms. The van der Waals surface area contributed by atoms with E-state index in [1.54, 1.807) is 6.92 Å². The Morgan fingerprint density at radius 2 is 1.45 bits per heavy atom. The molecule has 11 heavy (non-hydrogen) atoms. The van der Waals surface area contributed by atoms with E-state index in [0.717, 1.165) is 12.1 Å². The summed E-state index contributed by atoms with van der Waals surface area (Å²) in [5.41, 5.74) is 0. The SMILES string of the molecule is CCO.Fc1ccccc1F. The summed E-state index contributed by atoms with van der Waals surface area (Å²) in [7, 11) is 0. The van der Waals surface area contributed by atoms with Crippen LogP contribution in [0.15, 0.2) is 24.3 Å². The number of hydrogen-bond acceptors (Lipinski definition) is 1. The summed E-state index contributed by atoms with van der Waals surface area (Å²) >= 11 is 0. The van der Waals surface area contributed by atoms with E-state index >= 15 is 0 Å². The Balaban J connectivity index is 0.000000292. The first kappa shape index (κ1) is 10.0. The maximum absolute atomic E-state index is 11.9. The number of rotatable bonds is 0. The summed E-state index contributed by atoms with van der Waals surface area (Å²) < 4.78 is 23.9. The van der Waals surface area contributed by atoms with Gasteiger partial charge in [-0.25, -0.2) is 8.78 Å². The first-order valence-corrected chi connectivity index (χ1v) is 3.23. The second kappa shape index (κ2) is 5.80. The Bertz CT molecular complexity index is 180. The molecule has 62 valence electrons. The van der Waals surface area contributed by atoms with E-state index in [4.69, 9.17) is 5.11 Å². The van der Waals surface area contributed by atoms with Crippen LogP contribution >= 0.6 is 0 Å².